The summed E-state index contributed by atoms with van der Waals surface area (Å²) in [6.07, 6.45) is 72.0. The highest BCUT2D eigenvalue weighted by Gasteiger charge is 2.18. The van der Waals surface area contributed by atoms with Gasteiger partial charge in [0.2, 0.25) is 0 Å². The minimum atomic E-state index is -0.532. The molecule has 0 spiro atoms. The van der Waals surface area contributed by atoms with E-state index >= 15 is 0 Å². The van der Waals surface area contributed by atoms with Crippen molar-refractivity contribution in [2.45, 2.75) is 348 Å². The Balaban J connectivity index is 4.20. The molecule has 0 aliphatic heterocycles. The zero-order chi connectivity index (χ0) is 49.2. The molecule has 5 nitrogen and oxygen atoms in total. The van der Waals surface area contributed by atoms with Gasteiger partial charge in [0, 0.05) is 19.4 Å². The highest BCUT2D eigenvalue weighted by atomic mass is 16.6. The van der Waals surface area contributed by atoms with Crippen molar-refractivity contribution in [1.82, 2.24) is 0 Å². The van der Waals surface area contributed by atoms with E-state index in [9.17, 15) is 9.59 Å². The SMILES string of the molecule is CCCCCCCC/C=C\CCCCCCCCCCCC(=O)OC[C@@H](COCCCCCCCCCCCCCCCC)OC(=O)CCCCCCCCCCC/C=C\CCCCCCCC. The Hall–Kier alpha value is -1.62. The van der Waals surface area contributed by atoms with Crippen LogP contribution in [-0.4, -0.2) is 37.9 Å². The summed E-state index contributed by atoms with van der Waals surface area (Å²) in [6.45, 7) is 7.90. The molecular weight excluding hydrogens is 837 g/mol. The van der Waals surface area contributed by atoms with E-state index in [0.717, 1.165) is 32.1 Å². The van der Waals surface area contributed by atoms with Gasteiger partial charge in [-0.15, -0.1) is 0 Å². The first-order valence-corrected chi connectivity index (χ1v) is 30.9. The number of esters is 2. The molecular formula is C63H120O5. The summed E-state index contributed by atoms with van der Waals surface area (Å²) < 4.78 is 17.5. The van der Waals surface area contributed by atoms with Gasteiger partial charge >= 0.3 is 11.9 Å². The van der Waals surface area contributed by atoms with Crippen LogP contribution in [0.1, 0.15) is 342 Å². The van der Waals surface area contributed by atoms with Crippen LogP contribution in [0.3, 0.4) is 0 Å². The summed E-state index contributed by atoms with van der Waals surface area (Å²) >= 11 is 0. The van der Waals surface area contributed by atoms with Crippen LogP contribution >= 0.6 is 0 Å². The fourth-order valence-electron chi connectivity index (χ4n) is 9.33. The van der Waals surface area contributed by atoms with Crippen LogP contribution in [0.4, 0.5) is 0 Å². The van der Waals surface area contributed by atoms with Gasteiger partial charge in [0.05, 0.1) is 6.61 Å². The van der Waals surface area contributed by atoms with Crippen LogP contribution in [0.2, 0.25) is 0 Å². The van der Waals surface area contributed by atoms with E-state index in [1.54, 1.807) is 0 Å². The lowest BCUT2D eigenvalue weighted by Crippen LogP contribution is -2.30. The summed E-state index contributed by atoms with van der Waals surface area (Å²) in [5, 5.41) is 0. The van der Waals surface area contributed by atoms with Crippen molar-refractivity contribution < 1.29 is 23.8 Å². The fraction of sp³-hybridized carbons (Fsp3) is 0.905. The molecule has 0 aromatic carbocycles. The summed E-state index contributed by atoms with van der Waals surface area (Å²) in [6, 6.07) is 0. The zero-order valence-electron chi connectivity index (χ0n) is 46.4. The average Bonchev–Trinajstić information content (AvgIpc) is 3.34. The van der Waals surface area contributed by atoms with Crippen LogP contribution in [0.15, 0.2) is 24.3 Å². The molecule has 0 unspecified atom stereocenters. The lowest BCUT2D eigenvalue weighted by atomic mass is 10.0. The molecule has 0 aliphatic carbocycles. The molecule has 0 amide bonds. The second kappa shape index (κ2) is 59.7. The smallest absolute Gasteiger partial charge is 0.306 e. The number of unbranched alkanes of at least 4 members (excludes halogenated alkanes) is 43. The number of carbonyl (C=O) groups excluding carboxylic acids is 2. The Morgan fingerprint density at radius 1 is 0.309 bits per heavy atom. The number of ether oxygens (including phenoxy) is 3. The van der Waals surface area contributed by atoms with Gasteiger partial charge in [-0.2, -0.15) is 0 Å². The maximum atomic E-state index is 12.9. The van der Waals surface area contributed by atoms with E-state index in [1.807, 2.05) is 0 Å². The first-order valence-electron chi connectivity index (χ1n) is 30.9. The molecule has 0 aromatic rings. The molecule has 0 radical (unpaired) electrons. The molecule has 0 saturated heterocycles. The molecule has 0 heterocycles. The molecule has 402 valence electrons. The monoisotopic (exact) mass is 957 g/mol. The van der Waals surface area contributed by atoms with Gasteiger partial charge in [-0.3, -0.25) is 9.59 Å². The van der Waals surface area contributed by atoms with Crippen LogP contribution in [-0.2, 0) is 23.8 Å². The van der Waals surface area contributed by atoms with Gasteiger partial charge in [0.15, 0.2) is 6.10 Å². The van der Waals surface area contributed by atoms with E-state index in [4.69, 9.17) is 14.2 Å². The topological polar surface area (TPSA) is 61.8 Å². The van der Waals surface area contributed by atoms with Crippen molar-refractivity contribution >= 4 is 11.9 Å². The zero-order valence-corrected chi connectivity index (χ0v) is 46.4. The molecule has 0 saturated carbocycles. The lowest BCUT2D eigenvalue weighted by Gasteiger charge is -2.18. The van der Waals surface area contributed by atoms with Gasteiger partial charge in [-0.1, -0.05) is 283 Å². The van der Waals surface area contributed by atoms with Crippen molar-refractivity contribution in [3.8, 4) is 0 Å². The Morgan fingerprint density at radius 2 is 0.574 bits per heavy atom. The van der Waals surface area contributed by atoms with Gasteiger partial charge < -0.3 is 14.2 Å². The number of carbonyl (C=O) groups is 2. The van der Waals surface area contributed by atoms with Gasteiger partial charge in [0.1, 0.15) is 6.61 Å². The summed E-state index contributed by atoms with van der Waals surface area (Å²) in [5.41, 5.74) is 0. The van der Waals surface area contributed by atoms with Crippen molar-refractivity contribution in [2.24, 2.45) is 0 Å². The third-order valence-corrected chi connectivity index (χ3v) is 14.0. The quantitative estimate of drug-likeness (QED) is 0.0345. The molecule has 68 heavy (non-hydrogen) atoms. The molecule has 0 N–H and O–H groups in total. The minimum Gasteiger partial charge on any atom is -0.462 e. The molecule has 1 atom stereocenters. The van der Waals surface area contributed by atoms with Crippen LogP contribution in [0.25, 0.3) is 0 Å². The normalized spacial score (nSPS) is 12.2. The van der Waals surface area contributed by atoms with E-state index < -0.39 is 6.10 Å². The largest absolute Gasteiger partial charge is 0.462 e. The highest BCUT2D eigenvalue weighted by Crippen LogP contribution is 2.17. The predicted molar refractivity (Wildman–Crippen MR) is 298 cm³/mol. The van der Waals surface area contributed by atoms with E-state index in [1.165, 1.54) is 276 Å². The Kier molecular flexibility index (Phi) is 58.3. The van der Waals surface area contributed by atoms with Crippen molar-refractivity contribution in [2.75, 3.05) is 19.8 Å². The summed E-state index contributed by atoms with van der Waals surface area (Å²) in [4.78, 5) is 25.6. The molecule has 0 rings (SSSR count). The molecule has 5 heteroatoms. The van der Waals surface area contributed by atoms with E-state index in [0.29, 0.717) is 26.1 Å². The molecule has 0 aromatic heterocycles. The van der Waals surface area contributed by atoms with Gasteiger partial charge in [-0.25, -0.2) is 0 Å². The van der Waals surface area contributed by atoms with Gasteiger partial charge in [-0.05, 0) is 70.6 Å². The number of allylic oxidation sites excluding steroid dienone is 4. The fourth-order valence-corrected chi connectivity index (χ4v) is 9.33. The van der Waals surface area contributed by atoms with Crippen LogP contribution in [0.5, 0.6) is 0 Å². The molecule has 0 aliphatic rings. The second-order valence-corrected chi connectivity index (χ2v) is 21.0. The van der Waals surface area contributed by atoms with Crippen molar-refractivity contribution in [1.29, 1.82) is 0 Å². The number of rotatable bonds is 58. The number of hydrogen-bond acceptors (Lipinski definition) is 5. The number of hydrogen-bond donors (Lipinski definition) is 0. The maximum Gasteiger partial charge on any atom is 0.306 e. The summed E-state index contributed by atoms with van der Waals surface area (Å²) in [5.74, 6) is -0.377. The standard InChI is InChI=1S/C63H120O5/c1-4-7-10-13-16-19-22-25-28-30-32-34-36-38-41-44-47-50-53-56-62(64)67-60-61(59-66-58-55-52-49-46-43-40-27-24-21-18-15-12-9-6-3)68-63(65)57-54-51-48-45-42-39-37-35-33-31-29-26-23-20-17-14-11-8-5-2/h25-26,28-29,61H,4-24,27,30-60H2,1-3H3/b28-25-,29-26-/t61-/m1/s1. The Labute approximate surface area is 426 Å². The second-order valence-electron chi connectivity index (χ2n) is 21.0. The molecule has 0 fully saturated rings. The summed E-state index contributed by atoms with van der Waals surface area (Å²) in [7, 11) is 0. The predicted octanol–water partition coefficient (Wildman–Crippen LogP) is 21.1. The minimum absolute atomic E-state index is 0.0910. The molecule has 0 bridgehead atoms. The van der Waals surface area contributed by atoms with Gasteiger partial charge in [0.25, 0.3) is 0 Å². The Bertz CT molecular complexity index is 1040. The van der Waals surface area contributed by atoms with Crippen molar-refractivity contribution in [3.05, 3.63) is 24.3 Å². The van der Waals surface area contributed by atoms with Crippen LogP contribution in [0, 0.1) is 0 Å². The maximum absolute atomic E-state index is 12.9. The average molecular weight is 958 g/mol. The Morgan fingerprint density at radius 3 is 0.897 bits per heavy atom. The van der Waals surface area contributed by atoms with E-state index in [2.05, 4.69) is 45.1 Å². The lowest BCUT2D eigenvalue weighted by molar-refractivity contribution is -0.163. The van der Waals surface area contributed by atoms with E-state index in [-0.39, 0.29) is 18.5 Å². The highest BCUT2D eigenvalue weighted by molar-refractivity contribution is 5.70. The third-order valence-electron chi connectivity index (χ3n) is 14.0. The van der Waals surface area contributed by atoms with Crippen molar-refractivity contribution in [3.63, 3.8) is 0 Å². The third kappa shape index (κ3) is 57.0. The van der Waals surface area contributed by atoms with Crippen LogP contribution < -0.4 is 0 Å². The first kappa shape index (κ1) is 66.4. The first-order chi connectivity index (χ1) is 33.6.